The van der Waals surface area contributed by atoms with Crippen molar-refractivity contribution in [3.63, 3.8) is 0 Å². The SMILES string of the molecule is N#Cc1ccc(CN(CC(F)(F)F)C(=O)c2ccc(S(=O)(=O)N3CCCC3)cc2)cc1. The Balaban J connectivity index is 1.82. The number of sulfonamides is 1. The molecule has 1 fully saturated rings. The van der Waals surface area contributed by atoms with Gasteiger partial charge in [0.05, 0.1) is 16.5 Å². The highest BCUT2D eigenvalue weighted by atomic mass is 32.2. The number of nitriles is 1. The maximum absolute atomic E-state index is 13.1. The van der Waals surface area contributed by atoms with E-state index >= 15 is 0 Å². The Labute approximate surface area is 178 Å². The number of hydrogen-bond acceptors (Lipinski definition) is 4. The summed E-state index contributed by atoms with van der Waals surface area (Å²) < 4.78 is 65.8. The van der Waals surface area contributed by atoms with Crippen molar-refractivity contribution >= 4 is 15.9 Å². The molecule has 0 unspecified atom stereocenters. The van der Waals surface area contributed by atoms with E-state index in [-0.39, 0.29) is 17.0 Å². The summed E-state index contributed by atoms with van der Waals surface area (Å²) in [5.41, 5.74) is 0.746. The van der Waals surface area contributed by atoms with Crippen LogP contribution in [0.25, 0.3) is 0 Å². The number of rotatable bonds is 6. The van der Waals surface area contributed by atoms with Crippen molar-refractivity contribution in [2.75, 3.05) is 19.6 Å². The topological polar surface area (TPSA) is 81.5 Å². The highest BCUT2D eigenvalue weighted by Crippen LogP contribution is 2.23. The van der Waals surface area contributed by atoms with Crippen LogP contribution in [-0.2, 0) is 16.6 Å². The summed E-state index contributed by atoms with van der Waals surface area (Å²) >= 11 is 0. The fourth-order valence-corrected chi connectivity index (χ4v) is 4.87. The summed E-state index contributed by atoms with van der Waals surface area (Å²) in [6, 6.07) is 12.8. The number of benzene rings is 2. The fraction of sp³-hybridized carbons (Fsp3) is 0.333. The summed E-state index contributed by atoms with van der Waals surface area (Å²) in [6.45, 7) is -0.919. The van der Waals surface area contributed by atoms with Crippen LogP contribution in [-0.4, -0.2) is 49.3 Å². The van der Waals surface area contributed by atoms with Gasteiger partial charge in [0.25, 0.3) is 5.91 Å². The first-order valence-corrected chi connectivity index (χ1v) is 11.0. The van der Waals surface area contributed by atoms with Crippen LogP contribution in [0.1, 0.15) is 34.3 Å². The van der Waals surface area contributed by atoms with Crippen LogP contribution in [0, 0.1) is 11.3 Å². The molecule has 164 valence electrons. The van der Waals surface area contributed by atoms with Gasteiger partial charge in [-0.3, -0.25) is 4.79 Å². The zero-order valence-corrected chi connectivity index (χ0v) is 17.3. The molecule has 0 N–H and O–H groups in total. The van der Waals surface area contributed by atoms with E-state index in [1.807, 2.05) is 6.07 Å². The van der Waals surface area contributed by atoms with Crippen LogP contribution in [0.5, 0.6) is 0 Å². The van der Waals surface area contributed by atoms with Gasteiger partial charge in [-0.05, 0) is 54.8 Å². The Hall–Kier alpha value is -2.90. The smallest absolute Gasteiger partial charge is 0.325 e. The van der Waals surface area contributed by atoms with Gasteiger partial charge in [-0.2, -0.15) is 22.7 Å². The highest BCUT2D eigenvalue weighted by Gasteiger charge is 2.34. The van der Waals surface area contributed by atoms with E-state index in [0.29, 0.717) is 29.1 Å². The van der Waals surface area contributed by atoms with Gasteiger partial charge >= 0.3 is 6.18 Å². The molecular formula is C21H20F3N3O3S. The fourth-order valence-electron chi connectivity index (χ4n) is 3.35. The minimum Gasteiger partial charge on any atom is -0.325 e. The predicted octanol–water partition coefficient (Wildman–Crippen LogP) is 3.55. The third-order valence-corrected chi connectivity index (χ3v) is 6.83. The zero-order chi connectivity index (χ0) is 22.6. The van der Waals surface area contributed by atoms with Crippen LogP contribution in [0.3, 0.4) is 0 Å². The van der Waals surface area contributed by atoms with Crippen LogP contribution in [0.15, 0.2) is 53.4 Å². The maximum Gasteiger partial charge on any atom is 0.406 e. The standard InChI is InChI=1S/C21H20F3N3O3S/c22-21(23,24)15-26(14-17-5-3-16(13-25)4-6-17)20(28)18-7-9-19(10-8-18)31(29,30)27-11-1-2-12-27/h3-10H,1-2,11-12,14-15H2. The minimum atomic E-state index is -4.61. The number of amides is 1. The van der Waals surface area contributed by atoms with Crippen molar-refractivity contribution in [3.8, 4) is 6.07 Å². The van der Waals surface area contributed by atoms with Gasteiger partial charge in [-0.25, -0.2) is 8.42 Å². The van der Waals surface area contributed by atoms with Crippen molar-refractivity contribution in [3.05, 3.63) is 65.2 Å². The Morgan fingerprint density at radius 2 is 1.61 bits per heavy atom. The average molecular weight is 451 g/mol. The Morgan fingerprint density at radius 1 is 1.03 bits per heavy atom. The molecule has 0 saturated carbocycles. The molecule has 1 saturated heterocycles. The first-order chi connectivity index (χ1) is 14.6. The largest absolute Gasteiger partial charge is 0.406 e. The Morgan fingerprint density at radius 3 is 2.13 bits per heavy atom. The molecule has 3 rings (SSSR count). The molecule has 10 heteroatoms. The van der Waals surface area contributed by atoms with Gasteiger partial charge in [0.15, 0.2) is 0 Å². The maximum atomic E-state index is 13.1. The Bertz CT molecular complexity index is 1070. The first-order valence-electron chi connectivity index (χ1n) is 9.55. The van der Waals surface area contributed by atoms with E-state index in [1.54, 1.807) is 0 Å². The lowest BCUT2D eigenvalue weighted by Gasteiger charge is -2.24. The molecule has 0 bridgehead atoms. The van der Waals surface area contributed by atoms with Crippen LogP contribution in [0.2, 0.25) is 0 Å². The van der Waals surface area contributed by atoms with E-state index in [9.17, 15) is 26.4 Å². The van der Waals surface area contributed by atoms with Crippen molar-refractivity contribution < 1.29 is 26.4 Å². The zero-order valence-electron chi connectivity index (χ0n) is 16.5. The molecule has 6 nitrogen and oxygen atoms in total. The molecule has 0 spiro atoms. The van der Waals surface area contributed by atoms with E-state index in [1.165, 1.54) is 52.8 Å². The van der Waals surface area contributed by atoms with Gasteiger partial charge in [0.1, 0.15) is 6.54 Å². The average Bonchev–Trinajstić information content (AvgIpc) is 3.28. The number of alkyl halides is 3. The van der Waals surface area contributed by atoms with Gasteiger partial charge < -0.3 is 4.90 Å². The van der Waals surface area contributed by atoms with E-state index < -0.39 is 28.7 Å². The lowest BCUT2D eigenvalue weighted by Crippen LogP contribution is -2.38. The van der Waals surface area contributed by atoms with Crippen molar-refractivity contribution in [1.29, 1.82) is 5.26 Å². The third kappa shape index (κ3) is 5.62. The Kier molecular flexibility index (Phi) is 6.67. The molecule has 1 heterocycles. The van der Waals surface area contributed by atoms with Crippen molar-refractivity contribution in [2.45, 2.75) is 30.5 Å². The second-order valence-corrected chi connectivity index (χ2v) is 9.16. The van der Waals surface area contributed by atoms with Crippen LogP contribution in [0.4, 0.5) is 13.2 Å². The minimum absolute atomic E-state index is 0.000383. The summed E-state index contributed by atoms with van der Waals surface area (Å²) in [6.07, 6.45) is -3.06. The first kappa shape index (κ1) is 22.8. The molecule has 1 amide bonds. The number of nitrogens with zero attached hydrogens (tertiary/aromatic N) is 3. The van der Waals surface area contributed by atoms with Gasteiger partial charge in [0, 0.05) is 25.2 Å². The van der Waals surface area contributed by atoms with Crippen molar-refractivity contribution in [2.24, 2.45) is 0 Å². The molecule has 0 aliphatic carbocycles. The molecule has 0 aromatic heterocycles. The highest BCUT2D eigenvalue weighted by molar-refractivity contribution is 7.89. The van der Waals surface area contributed by atoms with E-state index in [4.69, 9.17) is 5.26 Å². The molecule has 1 aliphatic heterocycles. The number of carbonyl (C=O) groups is 1. The monoisotopic (exact) mass is 451 g/mol. The summed E-state index contributed by atoms with van der Waals surface area (Å²) in [5.74, 6) is -0.869. The number of carbonyl (C=O) groups excluding carboxylic acids is 1. The predicted molar refractivity (Wildman–Crippen MR) is 106 cm³/mol. The second-order valence-electron chi connectivity index (χ2n) is 7.22. The molecule has 1 aliphatic rings. The summed E-state index contributed by atoms with van der Waals surface area (Å²) in [7, 11) is -3.68. The van der Waals surface area contributed by atoms with Gasteiger partial charge in [0.2, 0.25) is 10.0 Å². The molecule has 0 radical (unpaired) electrons. The molecule has 0 atom stereocenters. The number of halogens is 3. The number of hydrogen-bond donors (Lipinski definition) is 0. The lowest BCUT2D eigenvalue weighted by molar-refractivity contribution is -0.141. The third-order valence-electron chi connectivity index (χ3n) is 4.92. The lowest BCUT2D eigenvalue weighted by atomic mass is 10.1. The van der Waals surface area contributed by atoms with Gasteiger partial charge in [-0.1, -0.05) is 12.1 Å². The molecular weight excluding hydrogens is 431 g/mol. The van der Waals surface area contributed by atoms with Crippen LogP contribution >= 0.6 is 0 Å². The quantitative estimate of drug-likeness (QED) is 0.673. The molecule has 2 aromatic carbocycles. The molecule has 31 heavy (non-hydrogen) atoms. The summed E-state index contributed by atoms with van der Waals surface area (Å²) in [5, 5.41) is 8.84. The van der Waals surface area contributed by atoms with Gasteiger partial charge in [-0.15, -0.1) is 0 Å². The second kappa shape index (κ2) is 9.08. The normalized spacial score (nSPS) is 14.9. The summed E-state index contributed by atoms with van der Waals surface area (Å²) in [4.78, 5) is 13.4. The van der Waals surface area contributed by atoms with E-state index in [0.717, 1.165) is 12.8 Å². The molecule has 2 aromatic rings. The van der Waals surface area contributed by atoms with E-state index in [2.05, 4.69) is 0 Å². The van der Waals surface area contributed by atoms with Crippen molar-refractivity contribution in [1.82, 2.24) is 9.21 Å². The van der Waals surface area contributed by atoms with Crippen LogP contribution < -0.4 is 0 Å².